The molecule has 1 N–H and O–H groups in total. The zero-order valence-electron chi connectivity index (χ0n) is 28.0. The number of alkyl halides is 3. The lowest BCUT2D eigenvalue weighted by atomic mass is 9.81. The quantitative estimate of drug-likeness (QED) is 0.334. The van der Waals surface area contributed by atoms with E-state index in [-0.39, 0.29) is 48.5 Å². The van der Waals surface area contributed by atoms with Gasteiger partial charge in [0.1, 0.15) is 6.10 Å². The van der Waals surface area contributed by atoms with Crippen molar-refractivity contribution in [2.75, 3.05) is 6.54 Å². The molecule has 1 aromatic heterocycles. The largest absolute Gasteiger partial charge is 0.472 e. The van der Waals surface area contributed by atoms with E-state index < -0.39 is 73.8 Å². The number of benzene rings is 1. The Kier molecular flexibility index (Phi) is 9.63. The average Bonchev–Trinajstić information content (AvgIpc) is 3.51. The first-order valence-corrected chi connectivity index (χ1v) is 17.1. The van der Waals surface area contributed by atoms with Crippen molar-refractivity contribution in [1.29, 1.82) is 0 Å². The third-order valence-corrected chi connectivity index (χ3v) is 11.3. The third-order valence-electron chi connectivity index (χ3n) is 9.61. The number of sulfonamides is 1. The Balaban J connectivity index is 1.70. The number of rotatable bonds is 10. The van der Waals surface area contributed by atoms with Crippen LogP contribution < -0.4 is 9.46 Å². The van der Waals surface area contributed by atoms with Gasteiger partial charge in [-0.1, -0.05) is 33.8 Å². The summed E-state index contributed by atoms with van der Waals surface area (Å²) in [6.45, 7) is 17.4. The molecule has 1 aromatic carbocycles. The van der Waals surface area contributed by atoms with Crippen LogP contribution in [0.3, 0.4) is 0 Å². The summed E-state index contributed by atoms with van der Waals surface area (Å²) in [4.78, 5) is 50.0. The van der Waals surface area contributed by atoms with Crippen molar-refractivity contribution in [3.63, 3.8) is 0 Å². The molecule has 1 aliphatic carbocycles. The molecule has 14 heteroatoms. The van der Waals surface area contributed by atoms with Gasteiger partial charge in [0.25, 0.3) is 0 Å². The maximum absolute atomic E-state index is 14.0. The van der Waals surface area contributed by atoms with Gasteiger partial charge in [-0.3, -0.25) is 19.1 Å². The van der Waals surface area contributed by atoms with Crippen LogP contribution in [0.5, 0.6) is 5.88 Å². The Morgan fingerprint density at radius 3 is 2.28 bits per heavy atom. The van der Waals surface area contributed by atoms with Gasteiger partial charge in [0.05, 0.1) is 34.2 Å². The van der Waals surface area contributed by atoms with Crippen molar-refractivity contribution in [3.05, 3.63) is 41.7 Å². The molecule has 10 nitrogen and oxygen atoms in total. The number of hydrogen-bond donors (Lipinski definition) is 1. The highest BCUT2D eigenvalue weighted by atomic mass is 32.2. The Bertz CT molecular complexity index is 1720. The van der Waals surface area contributed by atoms with Crippen molar-refractivity contribution >= 4 is 38.5 Å². The number of ether oxygens (including phenoxy) is 1. The Morgan fingerprint density at radius 1 is 1.13 bits per heavy atom. The fourth-order valence-electron chi connectivity index (χ4n) is 5.75. The highest BCUT2D eigenvalue weighted by Gasteiger charge is 2.61. The predicted molar refractivity (Wildman–Crippen MR) is 170 cm³/mol. The first kappa shape index (κ1) is 36.3. The van der Waals surface area contributed by atoms with E-state index in [1.165, 1.54) is 30.9 Å². The summed E-state index contributed by atoms with van der Waals surface area (Å²) in [5.41, 5.74) is -0.291. The average molecular weight is 681 g/mol. The predicted octanol–water partition coefficient (Wildman–Crippen LogP) is 5.30. The van der Waals surface area contributed by atoms with Crippen molar-refractivity contribution in [3.8, 4) is 5.88 Å². The topological polar surface area (TPSA) is 136 Å². The molecule has 2 aliphatic rings. The minimum atomic E-state index is -4.85. The van der Waals surface area contributed by atoms with Gasteiger partial charge >= 0.3 is 6.18 Å². The number of halogens is 3. The highest BCUT2D eigenvalue weighted by Crippen LogP contribution is 2.57. The number of aryl methyl sites for hydroxylation is 2. The number of carbonyl (C=O) groups excluding carboxylic acids is 3. The summed E-state index contributed by atoms with van der Waals surface area (Å²) in [5, 5.41) is -0.631. The summed E-state index contributed by atoms with van der Waals surface area (Å²) < 4.78 is 74.6. The molecule has 0 spiro atoms. The van der Waals surface area contributed by atoms with Gasteiger partial charge in [-0.15, -0.1) is 6.58 Å². The number of allylic oxidation sites excluding steroid dienone is 1. The molecule has 258 valence electrons. The molecular formula is C33H43F3N4O6S. The maximum Gasteiger partial charge on any atom is 0.451 e. The van der Waals surface area contributed by atoms with Crippen LogP contribution in [0.25, 0.3) is 10.9 Å². The van der Waals surface area contributed by atoms with Gasteiger partial charge < -0.3 is 9.64 Å². The fraction of sp³-hybridized carbons (Fsp3) is 0.606. The number of likely N-dealkylation sites (tertiary alicyclic amines) is 1. The molecule has 0 bridgehead atoms. The standard InChI is InChI=1S/C33H43F3N4O6S/c1-10-21-14-32(21,30(43)39-47(44,45)17(2)3)15-26(41)25-13-22(16-40(25)28(42)20(6)31(7,8)9)46-27-23-11-18(4)19(5)12-24(23)37-29(38-27)33(34,35)36/h10-12,17,20-22,25H,1,13-16H2,2-9H3,(H,39,43)/t20-,21?,22?,25?,32?/m1/s1. The van der Waals surface area contributed by atoms with Gasteiger partial charge in [-0.2, -0.15) is 18.2 Å². The molecule has 2 heterocycles. The van der Waals surface area contributed by atoms with Crippen LogP contribution >= 0.6 is 0 Å². The fourth-order valence-corrected chi connectivity index (χ4v) is 6.45. The summed E-state index contributed by atoms with van der Waals surface area (Å²) in [5.74, 6) is -4.35. The van der Waals surface area contributed by atoms with Crippen LogP contribution in [0.1, 0.15) is 77.8 Å². The summed E-state index contributed by atoms with van der Waals surface area (Å²) >= 11 is 0. The van der Waals surface area contributed by atoms with Crippen LogP contribution in [0.2, 0.25) is 0 Å². The highest BCUT2D eigenvalue weighted by molar-refractivity contribution is 7.90. The molecule has 0 radical (unpaired) electrons. The van der Waals surface area contributed by atoms with E-state index in [9.17, 15) is 36.0 Å². The Hall–Kier alpha value is -3.55. The maximum atomic E-state index is 14.0. The molecule has 1 saturated carbocycles. The number of fused-ring (bicyclic) bond motifs is 1. The smallest absolute Gasteiger partial charge is 0.451 e. The molecule has 47 heavy (non-hydrogen) atoms. The Morgan fingerprint density at radius 2 is 1.74 bits per heavy atom. The number of nitrogens with zero attached hydrogens (tertiary/aromatic N) is 3. The minimum absolute atomic E-state index is 0.0406. The van der Waals surface area contributed by atoms with E-state index in [0.29, 0.717) is 0 Å². The van der Waals surface area contributed by atoms with Gasteiger partial charge in [-0.05, 0) is 68.7 Å². The SMILES string of the molecule is C=CC1CC1(CC(=O)C1CC(Oc2nc(C(F)(F)F)nc3cc(C)c(C)cc23)CN1C(=O)[C@@H](C)C(C)(C)C)C(=O)NS(=O)(=O)C(C)C. The first-order valence-electron chi connectivity index (χ1n) is 15.6. The molecule has 5 atom stereocenters. The van der Waals surface area contributed by atoms with Crippen molar-refractivity contribution in [1.82, 2.24) is 19.6 Å². The number of hydrogen-bond acceptors (Lipinski definition) is 8. The second kappa shape index (κ2) is 12.5. The molecule has 2 amide bonds. The zero-order chi connectivity index (χ0) is 35.4. The lowest BCUT2D eigenvalue weighted by Crippen LogP contribution is -2.47. The third kappa shape index (κ3) is 7.31. The second-order valence-electron chi connectivity index (χ2n) is 14.2. The first-order chi connectivity index (χ1) is 21.5. The van der Waals surface area contributed by atoms with E-state index in [1.54, 1.807) is 26.8 Å². The number of ketones is 1. The number of carbonyl (C=O) groups is 3. The van der Waals surface area contributed by atoms with Crippen molar-refractivity contribution < 1.29 is 40.7 Å². The molecule has 4 rings (SSSR count). The molecular weight excluding hydrogens is 637 g/mol. The normalized spacial score (nSPS) is 23.9. The number of Topliss-reactive ketones (excluding diaryl/α,β-unsaturated/α-hetero) is 1. The molecule has 4 unspecified atom stereocenters. The van der Waals surface area contributed by atoms with E-state index in [4.69, 9.17) is 4.74 Å². The van der Waals surface area contributed by atoms with Crippen LogP contribution in [-0.4, -0.2) is 64.8 Å². The number of nitrogens with one attached hydrogen (secondary N) is 1. The molecule has 2 fully saturated rings. The second-order valence-corrected chi connectivity index (χ2v) is 16.5. The van der Waals surface area contributed by atoms with Crippen LogP contribution in [-0.2, 0) is 30.6 Å². The minimum Gasteiger partial charge on any atom is -0.472 e. The van der Waals surface area contributed by atoms with Crippen molar-refractivity contribution in [2.45, 2.75) is 98.2 Å². The van der Waals surface area contributed by atoms with Crippen LogP contribution in [0.4, 0.5) is 13.2 Å². The monoisotopic (exact) mass is 680 g/mol. The van der Waals surface area contributed by atoms with Crippen molar-refractivity contribution in [2.24, 2.45) is 22.7 Å². The number of aromatic nitrogens is 2. The summed E-state index contributed by atoms with van der Waals surface area (Å²) in [7, 11) is -3.98. The van der Waals surface area contributed by atoms with Gasteiger partial charge in [0.15, 0.2) is 5.78 Å². The molecule has 1 aliphatic heterocycles. The van der Waals surface area contributed by atoms with Crippen LogP contribution in [0, 0.1) is 36.5 Å². The lowest BCUT2D eigenvalue weighted by Gasteiger charge is -2.33. The van der Waals surface area contributed by atoms with Gasteiger partial charge in [0, 0.05) is 18.8 Å². The van der Waals surface area contributed by atoms with E-state index >= 15 is 0 Å². The van der Waals surface area contributed by atoms with E-state index in [2.05, 4.69) is 21.3 Å². The number of amides is 2. The zero-order valence-corrected chi connectivity index (χ0v) is 28.8. The molecule has 2 aromatic rings. The van der Waals surface area contributed by atoms with Gasteiger partial charge in [0.2, 0.25) is 33.5 Å². The lowest BCUT2D eigenvalue weighted by molar-refractivity contribution is -0.145. The Labute approximate surface area is 273 Å². The van der Waals surface area contributed by atoms with Gasteiger partial charge in [-0.25, -0.2) is 13.4 Å². The summed E-state index contributed by atoms with van der Waals surface area (Å²) in [6.07, 6.45) is -4.50. The van der Waals surface area contributed by atoms with Crippen LogP contribution in [0.15, 0.2) is 24.8 Å². The van der Waals surface area contributed by atoms with E-state index in [0.717, 1.165) is 11.1 Å². The summed E-state index contributed by atoms with van der Waals surface area (Å²) in [6, 6.07) is 2.08. The molecule has 1 saturated heterocycles. The van der Waals surface area contributed by atoms with E-state index in [1.807, 2.05) is 20.8 Å².